The van der Waals surface area contributed by atoms with Gasteiger partial charge in [-0.05, 0) is 30.3 Å². The van der Waals surface area contributed by atoms with Crippen LogP contribution in [0.2, 0.25) is 0 Å². The maximum absolute atomic E-state index is 12.4. The first-order chi connectivity index (χ1) is 12.1. The van der Waals surface area contributed by atoms with Gasteiger partial charge in [-0.2, -0.15) is 0 Å². The van der Waals surface area contributed by atoms with Gasteiger partial charge in [0.05, 0.1) is 17.6 Å². The molecule has 3 N–H and O–H groups in total. The zero-order valence-electron chi connectivity index (χ0n) is 13.7. The molecule has 1 aromatic heterocycles. The Hall–Kier alpha value is -3.22. The van der Waals surface area contributed by atoms with E-state index in [1.54, 1.807) is 6.07 Å². The van der Waals surface area contributed by atoms with E-state index < -0.39 is 6.10 Å². The summed E-state index contributed by atoms with van der Waals surface area (Å²) < 4.78 is 13.2. The molecule has 0 fully saturated rings. The van der Waals surface area contributed by atoms with E-state index in [0.29, 0.717) is 23.7 Å². The van der Waals surface area contributed by atoms with E-state index in [0.717, 1.165) is 16.9 Å². The number of ether oxygens (including phenoxy) is 2. The van der Waals surface area contributed by atoms with Crippen LogP contribution in [0.15, 0.2) is 42.5 Å². The molecule has 0 saturated heterocycles. The highest BCUT2D eigenvalue weighted by Gasteiger charge is 2.27. The number of imidazole rings is 1. The number of nitrogens with two attached hydrogens (primary N) is 1. The number of nitrogen functional groups attached to an aromatic ring is 1. The predicted octanol–water partition coefficient (Wildman–Crippen LogP) is 1.61. The van der Waals surface area contributed by atoms with E-state index in [-0.39, 0.29) is 12.5 Å². The van der Waals surface area contributed by atoms with Gasteiger partial charge in [0.1, 0.15) is 12.4 Å². The number of carbonyl (C=O) groups excluding carboxylic acids is 1. The molecule has 0 saturated carbocycles. The third-order valence-corrected chi connectivity index (χ3v) is 4.22. The number of amides is 1. The van der Waals surface area contributed by atoms with Crippen LogP contribution in [-0.4, -0.2) is 28.2 Å². The Morgan fingerprint density at radius 3 is 2.96 bits per heavy atom. The molecule has 1 aliphatic heterocycles. The summed E-state index contributed by atoms with van der Waals surface area (Å²) in [6, 6.07) is 12.9. The first-order valence-corrected chi connectivity index (χ1v) is 7.99. The lowest BCUT2D eigenvalue weighted by Gasteiger charge is -2.25. The minimum absolute atomic E-state index is 0.182. The average molecular weight is 338 g/mol. The van der Waals surface area contributed by atoms with Crippen LogP contribution in [0.5, 0.6) is 11.5 Å². The van der Waals surface area contributed by atoms with Gasteiger partial charge in [-0.1, -0.05) is 12.1 Å². The maximum atomic E-state index is 12.4. The van der Waals surface area contributed by atoms with Crippen molar-refractivity contribution < 1.29 is 14.3 Å². The highest BCUT2D eigenvalue weighted by atomic mass is 16.6. The normalized spacial score (nSPS) is 16.0. The standard InChI is InChI=1S/C18H18N4O3/c1-22-13-7-6-11(19)8-12(13)21-17(22)9-20-18(23)16-10-24-14-4-2-3-5-15(14)25-16/h2-8,16H,9-10,19H2,1H3,(H,20,23)/t16-/m1/s1. The number of para-hydroxylation sites is 2. The van der Waals surface area contributed by atoms with Crippen molar-refractivity contribution in [3.05, 3.63) is 48.3 Å². The van der Waals surface area contributed by atoms with Crippen LogP contribution < -0.4 is 20.5 Å². The van der Waals surface area contributed by atoms with Crippen molar-refractivity contribution in [3.8, 4) is 11.5 Å². The molecule has 3 aromatic rings. The van der Waals surface area contributed by atoms with Crippen LogP contribution in [0.4, 0.5) is 5.69 Å². The van der Waals surface area contributed by atoms with Gasteiger partial charge in [0, 0.05) is 12.7 Å². The van der Waals surface area contributed by atoms with E-state index in [1.165, 1.54) is 0 Å². The number of aromatic nitrogens is 2. The van der Waals surface area contributed by atoms with Crippen LogP contribution in [0.3, 0.4) is 0 Å². The maximum Gasteiger partial charge on any atom is 0.265 e. The predicted molar refractivity (Wildman–Crippen MR) is 93.3 cm³/mol. The van der Waals surface area contributed by atoms with Gasteiger partial charge >= 0.3 is 0 Å². The largest absolute Gasteiger partial charge is 0.485 e. The summed E-state index contributed by atoms with van der Waals surface area (Å²) in [5.41, 5.74) is 8.22. The van der Waals surface area contributed by atoms with Gasteiger partial charge in [0.2, 0.25) is 6.10 Å². The van der Waals surface area contributed by atoms with E-state index in [4.69, 9.17) is 15.2 Å². The fourth-order valence-electron chi connectivity index (χ4n) is 2.85. The number of carbonyl (C=O) groups is 1. The molecular weight excluding hydrogens is 320 g/mol. The lowest BCUT2D eigenvalue weighted by atomic mass is 10.2. The summed E-state index contributed by atoms with van der Waals surface area (Å²) in [5, 5.41) is 2.86. The molecule has 0 radical (unpaired) electrons. The summed E-state index contributed by atoms with van der Waals surface area (Å²) in [6.45, 7) is 0.480. The quantitative estimate of drug-likeness (QED) is 0.708. The van der Waals surface area contributed by atoms with Crippen LogP contribution in [0, 0.1) is 0 Å². The smallest absolute Gasteiger partial charge is 0.265 e. The third kappa shape index (κ3) is 2.84. The molecule has 0 unspecified atom stereocenters. The highest BCUT2D eigenvalue weighted by molar-refractivity contribution is 5.82. The Balaban J connectivity index is 1.45. The fourth-order valence-corrected chi connectivity index (χ4v) is 2.85. The Morgan fingerprint density at radius 2 is 2.12 bits per heavy atom. The molecular formula is C18H18N4O3. The summed E-state index contributed by atoms with van der Waals surface area (Å²) in [7, 11) is 1.91. The van der Waals surface area contributed by atoms with Gasteiger partial charge < -0.3 is 25.1 Å². The van der Waals surface area contributed by atoms with Crippen molar-refractivity contribution in [1.29, 1.82) is 0 Å². The molecule has 0 spiro atoms. The van der Waals surface area contributed by atoms with Crippen molar-refractivity contribution >= 4 is 22.6 Å². The highest BCUT2D eigenvalue weighted by Crippen LogP contribution is 2.30. The van der Waals surface area contributed by atoms with Crippen molar-refractivity contribution in [1.82, 2.24) is 14.9 Å². The van der Waals surface area contributed by atoms with E-state index in [2.05, 4.69) is 10.3 Å². The number of nitrogens with one attached hydrogen (secondary N) is 1. The van der Waals surface area contributed by atoms with E-state index in [9.17, 15) is 4.79 Å². The first-order valence-electron chi connectivity index (χ1n) is 7.99. The minimum atomic E-state index is -0.680. The van der Waals surface area contributed by atoms with Crippen molar-refractivity contribution in [2.45, 2.75) is 12.6 Å². The average Bonchev–Trinajstić information content (AvgIpc) is 2.94. The van der Waals surface area contributed by atoms with Gasteiger partial charge in [-0.3, -0.25) is 4.79 Å². The zero-order valence-corrected chi connectivity index (χ0v) is 13.7. The van der Waals surface area contributed by atoms with Gasteiger partial charge in [-0.15, -0.1) is 0 Å². The van der Waals surface area contributed by atoms with Crippen molar-refractivity contribution in [2.75, 3.05) is 12.3 Å². The minimum Gasteiger partial charge on any atom is -0.485 e. The summed E-state index contributed by atoms with van der Waals surface area (Å²) >= 11 is 0. The lowest BCUT2D eigenvalue weighted by molar-refractivity contribution is -0.130. The molecule has 25 heavy (non-hydrogen) atoms. The molecule has 0 bridgehead atoms. The monoisotopic (exact) mass is 338 g/mol. The lowest BCUT2D eigenvalue weighted by Crippen LogP contribution is -2.43. The number of fused-ring (bicyclic) bond motifs is 2. The molecule has 7 heteroatoms. The molecule has 1 aliphatic rings. The van der Waals surface area contributed by atoms with Gasteiger partial charge in [0.15, 0.2) is 11.5 Å². The van der Waals surface area contributed by atoms with Gasteiger partial charge in [0.25, 0.3) is 5.91 Å². The molecule has 4 rings (SSSR count). The SMILES string of the molecule is Cn1c(CNC(=O)[C@H]2COc3ccccc3O2)nc2cc(N)ccc21. The van der Waals surface area contributed by atoms with Gasteiger partial charge in [-0.25, -0.2) is 4.98 Å². The molecule has 128 valence electrons. The molecule has 2 aromatic carbocycles. The molecule has 7 nitrogen and oxygen atoms in total. The number of benzene rings is 2. The number of nitrogens with zero attached hydrogens (tertiary/aromatic N) is 2. The molecule has 1 amide bonds. The summed E-state index contributed by atoms with van der Waals surface area (Å²) in [6.07, 6.45) is -0.680. The Bertz CT molecular complexity index is 951. The second kappa shape index (κ2) is 6.01. The van der Waals surface area contributed by atoms with Crippen molar-refractivity contribution in [3.63, 3.8) is 0 Å². The summed E-state index contributed by atoms with van der Waals surface area (Å²) in [4.78, 5) is 16.9. The molecule has 0 aliphatic carbocycles. The van der Waals surface area contributed by atoms with Crippen LogP contribution in [-0.2, 0) is 18.4 Å². The van der Waals surface area contributed by atoms with Crippen LogP contribution >= 0.6 is 0 Å². The Morgan fingerprint density at radius 1 is 1.32 bits per heavy atom. The summed E-state index contributed by atoms with van der Waals surface area (Å²) in [5.74, 6) is 1.73. The number of aryl methyl sites for hydroxylation is 1. The number of rotatable bonds is 3. The molecule has 1 atom stereocenters. The zero-order chi connectivity index (χ0) is 17.4. The molecule has 2 heterocycles. The number of anilines is 1. The fraction of sp³-hybridized carbons (Fsp3) is 0.222. The first kappa shape index (κ1) is 15.3. The van der Waals surface area contributed by atoms with Crippen LogP contribution in [0.1, 0.15) is 5.82 Å². The number of hydrogen-bond donors (Lipinski definition) is 2. The van der Waals surface area contributed by atoms with E-state index in [1.807, 2.05) is 48.0 Å². The second-order valence-corrected chi connectivity index (χ2v) is 5.92. The van der Waals surface area contributed by atoms with E-state index >= 15 is 0 Å². The topological polar surface area (TPSA) is 91.4 Å². The Labute approximate surface area is 144 Å². The second-order valence-electron chi connectivity index (χ2n) is 5.92. The van der Waals surface area contributed by atoms with Crippen LogP contribution in [0.25, 0.3) is 11.0 Å². The Kier molecular flexibility index (Phi) is 3.68. The van der Waals surface area contributed by atoms with Crippen molar-refractivity contribution in [2.24, 2.45) is 7.05 Å². The number of hydrogen-bond acceptors (Lipinski definition) is 5. The third-order valence-electron chi connectivity index (χ3n) is 4.22.